The van der Waals surface area contributed by atoms with E-state index in [1.165, 1.54) is 5.56 Å². The van der Waals surface area contributed by atoms with Crippen LogP contribution < -0.4 is 4.74 Å². The molecule has 1 amide bonds. The Balaban J connectivity index is 1.60. The third-order valence-corrected chi connectivity index (χ3v) is 5.33. The molecular formula is C21H29N3O3. The first kappa shape index (κ1) is 19.4. The quantitative estimate of drug-likeness (QED) is 0.751. The van der Waals surface area contributed by atoms with Crippen LogP contribution in [-0.4, -0.2) is 53.8 Å². The number of nitrogens with zero attached hydrogens (tertiary/aromatic N) is 3. The van der Waals surface area contributed by atoms with E-state index in [2.05, 4.69) is 9.55 Å². The zero-order chi connectivity index (χ0) is 19.2. The molecule has 1 saturated heterocycles. The predicted molar refractivity (Wildman–Crippen MR) is 104 cm³/mol. The van der Waals surface area contributed by atoms with Gasteiger partial charge in [-0.2, -0.15) is 0 Å². The van der Waals surface area contributed by atoms with E-state index >= 15 is 0 Å². The Bertz CT molecular complexity index is 772. The second-order valence-electron chi connectivity index (χ2n) is 7.14. The van der Waals surface area contributed by atoms with Gasteiger partial charge in [0, 0.05) is 45.1 Å². The predicted octanol–water partition coefficient (Wildman–Crippen LogP) is 2.93. The molecule has 0 unspecified atom stereocenters. The monoisotopic (exact) mass is 371 g/mol. The fraction of sp³-hybridized carbons (Fsp3) is 0.524. The lowest BCUT2D eigenvalue weighted by molar-refractivity contribution is -0.134. The van der Waals surface area contributed by atoms with Gasteiger partial charge in [0.25, 0.3) is 5.91 Å². The minimum absolute atomic E-state index is 0.0376. The third kappa shape index (κ3) is 4.69. The molecule has 6 heteroatoms. The van der Waals surface area contributed by atoms with Crippen molar-refractivity contribution in [2.24, 2.45) is 0 Å². The minimum Gasteiger partial charge on any atom is -0.483 e. The highest BCUT2D eigenvalue weighted by molar-refractivity contribution is 5.78. The van der Waals surface area contributed by atoms with Gasteiger partial charge in [0.1, 0.15) is 11.6 Å². The van der Waals surface area contributed by atoms with Gasteiger partial charge in [-0.15, -0.1) is 0 Å². The molecule has 2 aromatic rings. The van der Waals surface area contributed by atoms with E-state index in [0.29, 0.717) is 13.2 Å². The molecule has 0 N–H and O–H groups in total. The van der Waals surface area contributed by atoms with E-state index in [1.54, 1.807) is 7.11 Å². The Morgan fingerprint density at radius 3 is 3.00 bits per heavy atom. The molecule has 1 fully saturated rings. The van der Waals surface area contributed by atoms with Crippen molar-refractivity contribution in [1.29, 1.82) is 0 Å². The summed E-state index contributed by atoms with van der Waals surface area (Å²) in [6.45, 7) is 7.06. The second-order valence-corrected chi connectivity index (χ2v) is 7.14. The third-order valence-electron chi connectivity index (χ3n) is 5.33. The number of likely N-dealkylation sites (tertiary alicyclic amines) is 1. The fourth-order valence-electron chi connectivity index (χ4n) is 3.59. The molecule has 2 heterocycles. The van der Waals surface area contributed by atoms with Crippen molar-refractivity contribution in [3.8, 4) is 5.75 Å². The summed E-state index contributed by atoms with van der Waals surface area (Å²) in [6, 6.07) is 5.92. The van der Waals surface area contributed by atoms with Gasteiger partial charge in [-0.05, 0) is 43.9 Å². The summed E-state index contributed by atoms with van der Waals surface area (Å²) in [6.07, 6.45) is 5.84. The van der Waals surface area contributed by atoms with Gasteiger partial charge in [0.05, 0.1) is 6.61 Å². The van der Waals surface area contributed by atoms with Crippen molar-refractivity contribution in [2.45, 2.75) is 39.2 Å². The van der Waals surface area contributed by atoms with Gasteiger partial charge in [0.2, 0.25) is 0 Å². The Labute approximate surface area is 161 Å². The van der Waals surface area contributed by atoms with Crippen molar-refractivity contribution in [3.05, 3.63) is 47.5 Å². The first-order valence-electron chi connectivity index (χ1n) is 9.57. The second kappa shape index (κ2) is 9.04. The summed E-state index contributed by atoms with van der Waals surface area (Å²) in [7, 11) is 1.70. The van der Waals surface area contributed by atoms with Gasteiger partial charge in [-0.3, -0.25) is 4.79 Å². The molecule has 27 heavy (non-hydrogen) atoms. The van der Waals surface area contributed by atoms with E-state index < -0.39 is 0 Å². The highest BCUT2D eigenvalue weighted by Crippen LogP contribution is 2.26. The van der Waals surface area contributed by atoms with E-state index in [0.717, 1.165) is 43.1 Å². The van der Waals surface area contributed by atoms with Crippen molar-refractivity contribution in [1.82, 2.24) is 14.5 Å². The number of piperidine rings is 1. The molecule has 0 aliphatic carbocycles. The number of aryl methyl sites for hydroxylation is 1. The molecule has 0 saturated carbocycles. The average molecular weight is 371 g/mol. The Kier molecular flexibility index (Phi) is 6.50. The van der Waals surface area contributed by atoms with Crippen LogP contribution in [0.1, 0.15) is 35.7 Å². The number of ether oxygens (including phenoxy) is 2. The number of hydrogen-bond acceptors (Lipinski definition) is 4. The zero-order valence-corrected chi connectivity index (χ0v) is 16.5. The van der Waals surface area contributed by atoms with Gasteiger partial charge in [0.15, 0.2) is 6.61 Å². The van der Waals surface area contributed by atoms with Crippen molar-refractivity contribution in [2.75, 3.05) is 33.4 Å². The van der Waals surface area contributed by atoms with Crippen LogP contribution in [0.4, 0.5) is 0 Å². The lowest BCUT2D eigenvalue weighted by Crippen LogP contribution is -2.42. The molecule has 0 spiro atoms. The smallest absolute Gasteiger partial charge is 0.260 e. The lowest BCUT2D eigenvalue weighted by atomic mass is 9.97. The van der Waals surface area contributed by atoms with Crippen LogP contribution >= 0.6 is 0 Å². The first-order chi connectivity index (χ1) is 13.1. The minimum atomic E-state index is 0.0376. The topological polar surface area (TPSA) is 56.6 Å². The molecular weight excluding hydrogens is 342 g/mol. The Morgan fingerprint density at radius 2 is 2.19 bits per heavy atom. The molecule has 1 aromatic carbocycles. The standard InChI is InChI=1S/C21H29N3O3/c1-16-6-4-8-19(17(16)2)27-15-20(25)24-10-5-7-18(14-24)21-22-9-11-23(21)12-13-26-3/h4,6,8-9,11,18H,5,7,10,12-15H2,1-3H3/t18-/m1/s1. The van der Waals surface area contributed by atoms with Crippen molar-refractivity contribution in [3.63, 3.8) is 0 Å². The zero-order valence-electron chi connectivity index (χ0n) is 16.5. The average Bonchev–Trinajstić information content (AvgIpc) is 3.16. The number of aromatic nitrogens is 2. The van der Waals surface area contributed by atoms with Crippen LogP contribution in [0.2, 0.25) is 0 Å². The molecule has 3 rings (SSSR count). The summed E-state index contributed by atoms with van der Waals surface area (Å²) in [4.78, 5) is 19.1. The number of benzene rings is 1. The molecule has 0 radical (unpaired) electrons. The number of methoxy groups -OCH3 is 1. The Hall–Kier alpha value is -2.34. The maximum Gasteiger partial charge on any atom is 0.260 e. The van der Waals surface area contributed by atoms with E-state index in [9.17, 15) is 4.79 Å². The van der Waals surface area contributed by atoms with Crippen LogP contribution in [0, 0.1) is 13.8 Å². The summed E-state index contributed by atoms with van der Waals surface area (Å²) in [5.41, 5.74) is 2.25. The van der Waals surface area contributed by atoms with Crippen molar-refractivity contribution < 1.29 is 14.3 Å². The summed E-state index contributed by atoms with van der Waals surface area (Å²) >= 11 is 0. The molecule has 1 aliphatic heterocycles. The van der Waals surface area contributed by atoms with Crippen LogP contribution in [0.3, 0.4) is 0 Å². The normalized spacial score (nSPS) is 17.1. The molecule has 146 valence electrons. The molecule has 1 aromatic heterocycles. The molecule has 6 nitrogen and oxygen atoms in total. The highest BCUT2D eigenvalue weighted by atomic mass is 16.5. The lowest BCUT2D eigenvalue weighted by Gasteiger charge is -2.32. The van der Waals surface area contributed by atoms with Crippen LogP contribution in [0.15, 0.2) is 30.6 Å². The largest absolute Gasteiger partial charge is 0.483 e. The molecule has 1 aliphatic rings. The number of amides is 1. The summed E-state index contributed by atoms with van der Waals surface area (Å²) < 4.78 is 13.1. The van der Waals surface area contributed by atoms with Crippen LogP contribution in [-0.2, 0) is 16.1 Å². The number of hydrogen-bond donors (Lipinski definition) is 0. The van der Waals surface area contributed by atoms with Gasteiger partial charge < -0.3 is 18.9 Å². The van der Waals surface area contributed by atoms with Crippen molar-refractivity contribution >= 4 is 5.91 Å². The van der Waals surface area contributed by atoms with Gasteiger partial charge in [-0.1, -0.05) is 12.1 Å². The SMILES string of the molecule is COCCn1ccnc1[C@@H]1CCCN(C(=O)COc2cccc(C)c2C)C1. The van der Waals surface area contributed by atoms with Gasteiger partial charge >= 0.3 is 0 Å². The van der Waals surface area contributed by atoms with Gasteiger partial charge in [-0.25, -0.2) is 4.98 Å². The van der Waals surface area contributed by atoms with Crippen LogP contribution in [0.25, 0.3) is 0 Å². The molecule has 0 bridgehead atoms. The maximum atomic E-state index is 12.7. The number of carbonyl (C=O) groups excluding carboxylic acids is 1. The number of imidazole rings is 1. The van der Waals surface area contributed by atoms with E-state index in [4.69, 9.17) is 9.47 Å². The van der Waals surface area contributed by atoms with Crippen LogP contribution in [0.5, 0.6) is 5.75 Å². The molecule has 1 atom stereocenters. The summed E-state index contributed by atoms with van der Waals surface area (Å²) in [5, 5.41) is 0. The number of rotatable bonds is 7. The van der Waals surface area contributed by atoms with E-state index in [-0.39, 0.29) is 18.4 Å². The number of carbonyl (C=O) groups is 1. The highest BCUT2D eigenvalue weighted by Gasteiger charge is 2.27. The Morgan fingerprint density at radius 1 is 1.33 bits per heavy atom. The maximum absolute atomic E-state index is 12.7. The fourth-order valence-corrected chi connectivity index (χ4v) is 3.59. The first-order valence-corrected chi connectivity index (χ1v) is 9.57. The summed E-state index contributed by atoms with van der Waals surface area (Å²) in [5.74, 6) is 2.12. The van der Waals surface area contributed by atoms with E-state index in [1.807, 2.05) is 49.3 Å².